The lowest BCUT2D eigenvalue weighted by Crippen LogP contribution is -2.44. The van der Waals surface area contributed by atoms with Gasteiger partial charge in [0.05, 0.1) is 7.11 Å². The second kappa shape index (κ2) is 9.71. The van der Waals surface area contributed by atoms with Crippen LogP contribution >= 0.6 is 0 Å². The van der Waals surface area contributed by atoms with Crippen molar-refractivity contribution in [3.63, 3.8) is 0 Å². The van der Waals surface area contributed by atoms with E-state index in [1.807, 2.05) is 45.9 Å². The highest BCUT2D eigenvalue weighted by Gasteiger charge is 2.19. The molecule has 0 aliphatic rings. The van der Waals surface area contributed by atoms with E-state index in [2.05, 4.69) is 5.32 Å². The Morgan fingerprint density at radius 2 is 1.92 bits per heavy atom. The molecule has 6 nitrogen and oxygen atoms in total. The predicted octanol–water partition coefficient (Wildman–Crippen LogP) is 2.96. The lowest BCUT2D eigenvalue weighted by atomic mass is 10.0. The summed E-state index contributed by atoms with van der Waals surface area (Å²) in [6.07, 6.45) is 4.62. The first-order chi connectivity index (χ1) is 11.8. The van der Waals surface area contributed by atoms with Gasteiger partial charge in [0.1, 0.15) is 0 Å². The Labute approximate surface area is 149 Å². The summed E-state index contributed by atoms with van der Waals surface area (Å²) in [6.45, 7) is 7.06. The molecule has 138 valence electrons. The lowest BCUT2D eigenvalue weighted by molar-refractivity contribution is -0.150. The maximum Gasteiger partial charge on any atom is 0.344 e. The van der Waals surface area contributed by atoms with Crippen molar-refractivity contribution < 1.29 is 23.8 Å². The van der Waals surface area contributed by atoms with Crippen LogP contribution in [0.3, 0.4) is 0 Å². The first-order valence-electron chi connectivity index (χ1n) is 8.21. The summed E-state index contributed by atoms with van der Waals surface area (Å²) >= 11 is 0. The smallest absolute Gasteiger partial charge is 0.344 e. The summed E-state index contributed by atoms with van der Waals surface area (Å²) in [6, 6.07) is 5.38. The van der Waals surface area contributed by atoms with Crippen LogP contribution in [0, 0.1) is 0 Å². The van der Waals surface area contributed by atoms with E-state index in [0.29, 0.717) is 11.5 Å². The number of benzene rings is 1. The molecule has 0 aliphatic carbocycles. The SMILES string of the molecule is C/C=C/c1ccc(OCC(=O)OCC(=O)NC(C)(C)CC)c(OC)c1. The Bertz CT molecular complexity index is 622. The molecule has 0 saturated heterocycles. The van der Waals surface area contributed by atoms with Crippen LogP contribution in [-0.4, -0.2) is 37.7 Å². The van der Waals surface area contributed by atoms with Gasteiger partial charge < -0.3 is 19.5 Å². The molecule has 0 fully saturated rings. The van der Waals surface area contributed by atoms with Crippen LogP contribution in [-0.2, 0) is 14.3 Å². The molecule has 0 atom stereocenters. The van der Waals surface area contributed by atoms with Crippen LogP contribution < -0.4 is 14.8 Å². The van der Waals surface area contributed by atoms with E-state index < -0.39 is 5.97 Å². The summed E-state index contributed by atoms with van der Waals surface area (Å²) < 4.78 is 15.6. The molecule has 6 heteroatoms. The number of hydrogen-bond donors (Lipinski definition) is 1. The van der Waals surface area contributed by atoms with Crippen molar-refractivity contribution in [3.8, 4) is 11.5 Å². The molecule has 0 radical (unpaired) electrons. The number of esters is 1. The third-order valence-corrected chi connectivity index (χ3v) is 3.62. The summed E-state index contributed by atoms with van der Waals surface area (Å²) in [7, 11) is 1.53. The van der Waals surface area contributed by atoms with E-state index in [1.54, 1.807) is 12.1 Å². The molecular formula is C19H27NO5. The first-order valence-corrected chi connectivity index (χ1v) is 8.21. The van der Waals surface area contributed by atoms with Gasteiger partial charge in [-0.3, -0.25) is 4.79 Å². The summed E-state index contributed by atoms with van der Waals surface area (Å²) in [5.74, 6) is -0.00682. The predicted molar refractivity (Wildman–Crippen MR) is 96.7 cm³/mol. The molecule has 0 heterocycles. The minimum absolute atomic E-state index is 0.302. The standard InChI is InChI=1S/C19H27NO5/c1-6-8-14-9-10-15(16(11-14)23-5)24-13-18(22)25-12-17(21)20-19(3,4)7-2/h6,8-11H,7,12-13H2,1-5H3,(H,20,21)/b8-6+. The number of hydrogen-bond acceptors (Lipinski definition) is 5. The van der Waals surface area contributed by atoms with E-state index in [0.717, 1.165) is 12.0 Å². The van der Waals surface area contributed by atoms with Gasteiger partial charge in [-0.2, -0.15) is 0 Å². The molecule has 0 bridgehead atoms. The summed E-state index contributed by atoms with van der Waals surface area (Å²) in [5, 5.41) is 2.79. The zero-order valence-corrected chi connectivity index (χ0v) is 15.5. The highest BCUT2D eigenvalue weighted by molar-refractivity contribution is 5.81. The van der Waals surface area contributed by atoms with Gasteiger partial charge in [0.2, 0.25) is 0 Å². The molecule has 1 N–H and O–H groups in total. The van der Waals surface area contributed by atoms with E-state index >= 15 is 0 Å². The zero-order valence-electron chi connectivity index (χ0n) is 15.5. The van der Waals surface area contributed by atoms with Gasteiger partial charge in [-0.15, -0.1) is 0 Å². The van der Waals surface area contributed by atoms with E-state index in [4.69, 9.17) is 14.2 Å². The van der Waals surface area contributed by atoms with Gasteiger partial charge in [0, 0.05) is 5.54 Å². The van der Waals surface area contributed by atoms with Crippen molar-refractivity contribution in [2.45, 2.75) is 39.7 Å². The van der Waals surface area contributed by atoms with Gasteiger partial charge in [0.25, 0.3) is 5.91 Å². The molecule has 0 aliphatic heterocycles. The van der Waals surface area contributed by atoms with Crippen molar-refractivity contribution in [2.24, 2.45) is 0 Å². The van der Waals surface area contributed by atoms with Gasteiger partial charge in [0.15, 0.2) is 24.7 Å². The Balaban J connectivity index is 2.50. The minimum atomic E-state index is -0.621. The second-order valence-electron chi connectivity index (χ2n) is 6.15. The molecule has 25 heavy (non-hydrogen) atoms. The van der Waals surface area contributed by atoms with Crippen molar-refractivity contribution in [3.05, 3.63) is 29.8 Å². The lowest BCUT2D eigenvalue weighted by Gasteiger charge is -2.24. The van der Waals surface area contributed by atoms with Crippen LogP contribution in [0.1, 0.15) is 39.7 Å². The normalized spacial score (nSPS) is 11.2. The number of rotatable bonds is 9. The van der Waals surface area contributed by atoms with E-state index in [9.17, 15) is 9.59 Å². The number of nitrogens with one attached hydrogen (secondary N) is 1. The fraction of sp³-hybridized carbons (Fsp3) is 0.474. The molecular weight excluding hydrogens is 322 g/mol. The highest BCUT2D eigenvalue weighted by atomic mass is 16.6. The quantitative estimate of drug-likeness (QED) is 0.694. The van der Waals surface area contributed by atoms with Crippen LogP contribution in [0.25, 0.3) is 6.08 Å². The Morgan fingerprint density at radius 1 is 1.20 bits per heavy atom. The molecule has 0 spiro atoms. The largest absolute Gasteiger partial charge is 0.493 e. The van der Waals surface area contributed by atoms with Gasteiger partial charge in [-0.1, -0.05) is 25.1 Å². The number of carbonyl (C=O) groups is 2. The van der Waals surface area contributed by atoms with E-state index in [1.165, 1.54) is 7.11 Å². The monoisotopic (exact) mass is 349 g/mol. The van der Waals surface area contributed by atoms with E-state index in [-0.39, 0.29) is 24.7 Å². The molecule has 1 rings (SSSR count). The molecule has 0 saturated carbocycles. The summed E-state index contributed by atoms with van der Waals surface area (Å²) in [4.78, 5) is 23.5. The average Bonchev–Trinajstić information content (AvgIpc) is 2.58. The van der Waals surface area contributed by atoms with Crippen LogP contribution in [0.5, 0.6) is 11.5 Å². The number of amides is 1. The number of carbonyl (C=O) groups excluding carboxylic acids is 2. The third-order valence-electron chi connectivity index (χ3n) is 3.62. The van der Waals surface area contributed by atoms with Crippen LogP contribution in [0.4, 0.5) is 0 Å². The summed E-state index contributed by atoms with van der Waals surface area (Å²) in [5.41, 5.74) is 0.631. The topological polar surface area (TPSA) is 73.9 Å². The van der Waals surface area contributed by atoms with Crippen molar-refractivity contribution in [1.82, 2.24) is 5.32 Å². The highest BCUT2D eigenvalue weighted by Crippen LogP contribution is 2.28. The van der Waals surface area contributed by atoms with Gasteiger partial charge in [-0.25, -0.2) is 4.79 Å². The third kappa shape index (κ3) is 7.28. The first kappa shape index (κ1) is 20.5. The maximum absolute atomic E-state index is 11.7. The van der Waals surface area contributed by atoms with Crippen LogP contribution in [0.2, 0.25) is 0 Å². The Morgan fingerprint density at radius 3 is 2.52 bits per heavy atom. The number of ether oxygens (including phenoxy) is 3. The maximum atomic E-state index is 11.7. The Hall–Kier alpha value is -2.50. The van der Waals surface area contributed by atoms with Crippen molar-refractivity contribution >= 4 is 18.0 Å². The van der Waals surface area contributed by atoms with Gasteiger partial charge >= 0.3 is 5.97 Å². The van der Waals surface area contributed by atoms with Crippen molar-refractivity contribution in [2.75, 3.05) is 20.3 Å². The van der Waals surface area contributed by atoms with Crippen LogP contribution in [0.15, 0.2) is 24.3 Å². The number of allylic oxidation sites excluding steroid dienone is 1. The van der Waals surface area contributed by atoms with Gasteiger partial charge in [-0.05, 0) is 44.9 Å². The average molecular weight is 349 g/mol. The molecule has 1 amide bonds. The molecule has 1 aromatic rings. The minimum Gasteiger partial charge on any atom is -0.493 e. The molecule has 0 aromatic heterocycles. The number of methoxy groups -OCH3 is 1. The second-order valence-corrected chi connectivity index (χ2v) is 6.15. The zero-order chi connectivity index (χ0) is 18.9. The molecule has 1 aromatic carbocycles. The van der Waals surface area contributed by atoms with Crippen molar-refractivity contribution in [1.29, 1.82) is 0 Å². The fourth-order valence-electron chi connectivity index (χ4n) is 1.93. The Kier molecular flexibility index (Phi) is 7.98. The fourth-order valence-corrected chi connectivity index (χ4v) is 1.93. The molecule has 0 unspecified atom stereocenters.